The van der Waals surface area contributed by atoms with E-state index >= 15 is 0 Å². The molecule has 1 aliphatic rings. The Morgan fingerprint density at radius 1 is 1.42 bits per heavy atom. The van der Waals surface area contributed by atoms with Gasteiger partial charge >= 0.3 is 0 Å². The van der Waals surface area contributed by atoms with Gasteiger partial charge in [-0.3, -0.25) is 9.48 Å². The van der Waals surface area contributed by atoms with Gasteiger partial charge in [0.25, 0.3) is 0 Å². The van der Waals surface area contributed by atoms with Gasteiger partial charge in [0.05, 0.1) is 5.69 Å². The summed E-state index contributed by atoms with van der Waals surface area (Å²) < 4.78 is 1.87. The minimum Gasteiger partial charge on any atom is -0.317 e. The minimum absolute atomic E-state index is 0.0175. The monoisotopic (exact) mass is 347 g/mol. The highest BCUT2D eigenvalue weighted by molar-refractivity contribution is 7.15. The molecule has 0 aromatic carbocycles. The van der Waals surface area contributed by atoms with Crippen LogP contribution >= 0.6 is 11.3 Å². The summed E-state index contributed by atoms with van der Waals surface area (Å²) in [5.41, 5.74) is 3.30. The molecule has 0 unspecified atom stereocenters. The molecular weight excluding hydrogens is 322 g/mol. The summed E-state index contributed by atoms with van der Waals surface area (Å²) in [5, 5.41) is 11.4. The van der Waals surface area contributed by atoms with Gasteiger partial charge in [0.15, 0.2) is 5.13 Å². The molecule has 0 aliphatic carbocycles. The number of rotatable bonds is 5. The average molecular weight is 347 g/mol. The number of hydrogen-bond donors (Lipinski definition) is 2. The first kappa shape index (κ1) is 17.1. The second-order valence-corrected chi connectivity index (χ2v) is 7.48. The van der Waals surface area contributed by atoms with Crippen molar-refractivity contribution in [2.75, 3.05) is 18.4 Å². The lowest BCUT2D eigenvalue weighted by molar-refractivity contribution is -0.116. The molecule has 2 N–H and O–H groups in total. The van der Waals surface area contributed by atoms with Gasteiger partial charge in [-0.1, -0.05) is 0 Å². The normalized spacial score (nSPS) is 15.6. The maximum atomic E-state index is 12.2. The third kappa shape index (κ3) is 3.84. The van der Waals surface area contributed by atoms with E-state index in [-0.39, 0.29) is 5.91 Å². The highest BCUT2D eigenvalue weighted by Gasteiger charge is 2.18. The third-order valence-electron chi connectivity index (χ3n) is 4.77. The van der Waals surface area contributed by atoms with Crippen LogP contribution in [0.3, 0.4) is 0 Å². The van der Waals surface area contributed by atoms with E-state index < -0.39 is 0 Å². The fourth-order valence-corrected chi connectivity index (χ4v) is 4.24. The SMILES string of the molecule is Cc1nn(C)c(C)c1CCC(=O)Nc1ncc(C2CCNCC2)s1. The molecule has 1 fully saturated rings. The number of hydrogen-bond acceptors (Lipinski definition) is 5. The van der Waals surface area contributed by atoms with E-state index in [0.717, 1.165) is 37.3 Å². The zero-order valence-electron chi connectivity index (χ0n) is 14.6. The van der Waals surface area contributed by atoms with Crippen molar-refractivity contribution >= 4 is 22.4 Å². The molecule has 130 valence electrons. The van der Waals surface area contributed by atoms with Gasteiger partial charge in [0, 0.05) is 30.2 Å². The van der Waals surface area contributed by atoms with Crippen LogP contribution in [0.15, 0.2) is 6.20 Å². The van der Waals surface area contributed by atoms with Crippen molar-refractivity contribution in [2.45, 2.75) is 45.4 Å². The fourth-order valence-electron chi connectivity index (χ4n) is 3.24. The molecule has 3 rings (SSSR count). The molecule has 7 heteroatoms. The van der Waals surface area contributed by atoms with Crippen molar-refractivity contribution < 1.29 is 4.79 Å². The second-order valence-electron chi connectivity index (χ2n) is 6.41. The van der Waals surface area contributed by atoms with Crippen molar-refractivity contribution in [3.8, 4) is 0 Å². The van der Waals surface area contributed by atoms with E-state index in [1.54, 1.807) is 11.3 Å². The zero-order valence-corrected chi connectivity index (χ0v) is 15.4. The summed E-state index contributed by atoms with van der Waals surface area (Å²) in [4.78, 5) is 17.9. The van der Waals surface area contributed by atoms with Crippen LogP contribution in [-0.2, 0) is 18.3 Å². The Morgan fingerprint density at radius 3 is 2.83 bits per heavy atom. The quantitative estimate of drug-likeness (QED) is 0.872. The van der Waals surface area contributed by atoms with Crippen molar-refractivity contribution in [3.63, 3.8) is 0 Å². The Balaban J connectivity index is 1.54. The number of aromatic nitrogens is 3. The predicted octanol–water partition coefficient (Wildman–Crippen LogP) is 2.53. The van der Waals surface area contributed by atoms with Crippen molar-refractivity contribution in [1.82, 2.24) is 20.1 Å². The van der Waals surface area contributed by atoms with Crippen LogP contribution in [0.25, 0.3) is 0 Å². The van der Waals surface area contributed by atoms with Crippen LogP contribution in [0.1, 0.15) is 47.0 Å². The Kier molecular flexibility index (Phi) is 5.30. The lowest BCUT2D eigenvalue weighted by atomic mass is 9.97. The molecule has 3 heterocycles. The highest BCUT2D eigenvalue weighted by Crippen LogP contribution is 2.31. The molecule has 0 bridgehead atoms. The van der Waals surface area contributed by atoms with Crippen LogP contribution in [-0.4, -0.2) is 33.8 Å². The van der Waals surface area contributed by atoms with E-state index in [2.05, 4.69) is 20.7 Å². The summed E-state index contributed by atoms with van der Waals surface area (Å²) in [6.45, 7) is 6.16. The summed E-state index contributed by atoms with van der Waals surface area (Å²) >= 11 is 1.61. The van der Waals surface area contributed by atoms with Crippen LogP contribution in [0.5, 0.6) is 0 Å². The van der Waals surface area contributed by atoms with Gasteiger partial charge in [0.2, 0.25) is 5.91 Å². The number of carbonyl (C=O) groups is 1. The van der Waals surface area contributed by atoms with Gasteiger partial charge in [-0.25, -0.2) is 4.98 Å². The summed E-state index contributed by atoms with van der Waals surface area (Å²) in [6, 6.07) is 0. The molecule has 1 saturated heterocycles. The van der Waals surface area contributed by atoms with E-state index in [1.807, 2.05) is 31.8 Å². The number of carbonyl (C=O) groups excluding carboxylic acids is 1. The molecule has 2 aromatic heterocycles. The topological polar surface area (TPSA) is 71.8 Å². The number of nitrogens with zero attached hydrogens (tertiary/aromatic N) is 3. The fraction of sp³-hybridized carbons (Fsp3) is 0.588. The lowest BCUT2D eigenvalue weighted by Crippen LogP contribution is -2.26. The van der Waals surface area contributed by atoms with Crippen LogP contribution in [0.4, 0.5) is 5.13 Å². The molecule has 0 atom stereocenters. The summed E-state index contributed by atoms with van der Waals surface area (Å²) in [5.74, 6) is 0.596. The smallest absolute Gasteiger partial charge is 0.226 e. The standard InChI is InChI=1S/C17H25N5OS/c1-11-14(12(2)22(3)21-11)4-5-16(23)20-17-19-10-15(24-17)13-6-8-18-9-7-13/h10,13,18H,4-9H2,1-3H3,(H,19,20,23). The maximum Gasteiger partial charge on any atom is 0.226 e. The van der Waals surface area contributed by atoms with Crippen molar-refractivity contribution in [2.24, 2.45) is 7.05 Å². The van der Waals surface area contributed by atoms with Crippen LogP contribution in [0, 0.1) is 13.8 Å². The Labute approximate surface area is 146 Å². The Morgan fingerprint density at radius 2 is 2.17 bits per heavy atom. The highest BCUT2D eigenvalue weighted by atomic mass is 32.1. The first-order chi connectivity index (χ1) is 11.5. The molecule has 0 spiro atoms. The second kappa shape index (κ2) is 7.44. The molecule has 24 heavy (non-hydrogen) atoms. The van der Waals surface area contributed by atoms with Crippen molar-refractivity contribution in [3.05, 3.63) is 28.0 Å². The number of thiazole rings is 1. The number of nitrogens with one attached hydrogen (secondary N) is 2. The molecule has 0 saturated carbocycles. The largest absolute Gasteiger partial charge is 0.317 e. The average Bonchev–Trinajstić information content (AvgIpc) is 3.12. The molecule has 1 amide bonds. The van der Waals surface area contributed by atoms with E-state index in [4.69, 9.17) is 0 Å². The zero-order chi connectivity index (χ0) is 17.1. The first-order valence-corrected chi connectivity index (χ1v) is 9.31. The molecular formula is C17H25N5OS. The van der Waals surface area contributed by atoms with E-state index in [1.165, 1.54) is 10.4 Å². The number of anilines is 1. The third-order valence-corrected chi connectivity index (χ3v) is 5.85. The maximum absolute atomic E-state index is 12.2. The van der Waals surface area contributed by atoms with Crippen molar-refractivity contribution in [1.29, 1.82) is 0 Å². The minimum atomic E-state index is 0.0175. The number of aryl methyl sites for hydroxylation is 2. The number of piperidine rings is 1. The predicted molar refractivity (Wildman–Crippen MR) is 96.6 cm³/mol. The molecule has 2 aromatic rings. The Hall–Kier alpha value is -1.73. The summed E-state index contributed by atoms with van der Waals surface area (Å²) in [6.07, 6.45) is 5.38. The molecule has 6 nitrogen and oxygen atoms in total. The van der Waals surface area contributed by atoms with Crippen LogP contribution in [0.2, 0.25) is 0 Å². The summed E-state index contributed by atoms with van der Waals surface area (Å²) in [7, 11) is 1.93. The molecule has 1 aliphatic heterocycles. The van der Waals surface area contributed by atoms with E-state index in [9.17, 15) is 4.79 Å². The van der Waals surface area contributed by atoms with Gasteiger partial charge in [0.1, 0.15) is 0 Å². The first-order valence-electron chi connectivity index (χ1n) is 8.50. The van der Waals surface area contributed by atoms with Crippen LogP contribution < -0.4 is 10.6 Å². The van der Waals surface area contributed by atoms with E-state index in [0.29, 0.717) is 23.9 Å². The van der Waals surface area contributed by atoms with Gasteiger partial charge in [-0.2, -0.15) is 5.10 Å². The van der Waals surface area contributed by atoms with Gasteiger partial charge in [-0.15, -0.1) is 11.3 Å². The number of amides is 1. The lowest BCUT2D eigenvalue weighted by Gasteiger charge is -2.20. The molecule has 0 radical (unpaired) electrons. The van der Waals surface area contributed by atoms with Gasteiger partial charge in [-0.05, 0) is 57.7 Å². The Bertz CT molecular complexity index is 715. The van der Waals surface area contributed by atoms with Gasteiger partial charge < -0.3 is 10.6 Å².